The van der Waals surface area contributed by atoms with Crippen LogP contribution in [-0.4, -0.2) is 42.6 Å². The number of nitrogens with zero attached hydrogens (tertiary/aromatic N) is 1. The maximum Gasteiger partial charge on any atom is 0.260 e. The van der Waals surface area contributed by atoms with Gasteiger partial charge >= 0.3 is 0 Å². The molecule has 0 bridgehead atoms. The van der Waals surface area contributed by atoms with Crippen LogP contribution in [0, 0.1) is 6.92 Å². The Morgan fingerprint density at radius 3 is 2.73 bits per heavy atom. The van der Waals surface area contributed by atoms with Crippen LogP contribution in [0.3, 0.4) is 0 Å². The van der Waals surface area contributed by atoms with Gasteiger partial charge in [0.1, 0.15) is 5.75 Å². The van der Waals surface area contributed by atoms with E-state index in [2.05, 4.69) is 24.2 Å². The van der Waals surface area contributed by atoms with Crippen LogP contribution >= 0.6 is 11.6 Å². The second kappa shape index (κ2) is 7.34. The van der Waals surface area contributed by atoms with Crippen LogP contribution in [0.4, 0.5) is 0 Å². The SMILES string of the molecule is Cc1cc(OC(C)C(=O)NCC(C)N(C)C2CC2)ccc1Cl. The highest BCUT2D eigenvalue weighted by molar-refractivity contribution is 6.31. The first-order valence-corrected chi connectivity index (χ1v) is 8.18. The molecule has 1 fully saturated rings. The fourth-order valence-corrected chi connectivity index (χ4v) is 2.44. The molecule has 22 heavy (non-hydrogen) atoms. The molecule has 1 aromatic rings. The fraction of sp³-hybridized carbons (Fsp3) is 0.588. The smallest absolute Gasteiger partial charge is 0.260 e. The molecule has 1 amide bonds. The summed E-state index contributed by atoms with van der Waals surface area (Å²) in [7, 11) is 2.12. The number of carbonyl (C=O) groups excluding carboxylic acids is 1. The van der Waals surface area contributed by atoms with Crippen molar-refractivity contribution < 1.29 is 9.53 Å². The van der Waals surface area contributed by atoms with Crippen LogP contribution in [0.25, 0.3) is 0 Å². The van der Waals surface area contributed by atoms with E-state index in [0.29, 0.717) is 29.4 Å². The lowest BCUT2D eigenvalue weighted by atomic mass is 10.2. The molecular weight excluding hydrogens is 300 g/mol. The topological polar surface area (TPSA) is 41.6 Å². The largest absolute Gasteiger partial charge is 0.481 e. The predicted molar refractivity (Wildman–Crippen MR) is 89.5 cm³/mol. The zero-order valence-corrected chi connectivity index (χ0v) is 14.5. The van der Waals surface area contributed by atoms with E-state index in [1.165, 1.54) is 12.8 Å². The Kier molecular flexibility index (Phi) is 5.70. The summed E-state index contributed by atoms with van der Waals surface area (Å²) in [5, 5.41) is 3.66. The first-order valence-electron chi connectivity index (χ1n) is 7.81. The Morgan fingerprint density at radius 2 is 2.14 bits per heavy atom. The standard InChI is InChI=1S/C17H25ClN2O2/c1-11-9-15(7-8-16(11)18)22-13(3)17(21)19-10-12(2)20(4)14-5-6-14/h7-9,12-14H,5-6,10H2,1-4H3,(H,19,21). The van der Waals surface area contributed by atoms with Crippen LogP contribution in [0.5, 0.6) is 5.75 Å². The molecule has 0 aromatic heterocycles. The van der Waals surface area contributed by atoms with E-state index in [1.54, 1.807) is 19.1 Å². The Morgan fingerprint density at radius 1 is 1.45 bits per heavy atom. The van der Waals surface area contributed by atoms with Crippen molar-refractivity contribution in [3.63, 3.8) is 0 Å². The average Bonchev–Trinajstić information content (AvgIpc) is 3.32. The molecular formula is C17H25ClN2O2. The zero-order valence-electron chi connectivity index (χ0n) is 13.7. The Hall–Kier alpha value is -1.26. The number of likely N-dealkylation sites (N-methyl/N-ethyl adjacent to an activating group) is 1. The van der Waals surface area contributed by atoms with Gasteiger partial charge in [0.05, 0.1) is 0 Å². The number of halogens is 1. The lowest BCUT2D eigenvalue weighted by molar-refractivity contribution is -0.127. The van der Waals surface area contributed by atoms with Crippen LogP contribution in [-0.2, 0) is 4.79 Å². The summed E-state index contributed by atoms with van der Waals surface area (Å²) < 4.78 is 5.68. The number of aryl methyl sites for hydroxylation is 1. The maximum atomic E-state index is 12.1. The van der Waals surface area contributed by atoms with Gasteiger partial charge in [-0.1, -0.05) is 11.6 Å². The molecule has 0 radical (unpaired) electrons. The molecule has 0 saturated heterocycles. The van der Waals surface area contributed by atoms with Crippen molar-refractivity contribution in [2.75, 3.05) is 13.6 Å². The molecule has 122 valence electrons. The van der Waals surface area contributed by atoms with Crippen molar-refractivity contribution in [2.45, 2.75) is 51.8 Å². The van der Waals surface area contributed by atoms with E-state index in [9.17, 15) is 4.79 Å². The first-order chi connectivity index (χ1) is 10.4. The number of benzene rings is 1. The minimum absolute atomic E-state index is 0.0938. The van der Waals surface area contributed by atoms with Crippen LogP contribution in [0.15, 0.2) is 18.2 Å². The van der Waals surface area contributed by atoms with Gasteiger partial charge in [-0.2, -0.15) is 0 Å². The maximum absolute atomic E-state index is 12.1. The minimum Gasteiger partial charge on any atom is -0.481 e. The van der Waals surface area contributed by atoms with Crippen molar-refractivity contribution in [1.29, 1.82) is 0 Å². The third-order valence-corrected chi connectivity index (χ3v) is 4.63. The number of hydrogen-bond donors (Lipinski definition) is 1. The van der Waals surface area contributed by atoms with Gasteiger partial charge in [-0.05, 0) is 64.4 Å². The van der Waals surface area contributed by atoms with E-state index in [1.807, 2.05) is 13.0 Å². The summed E-state index contributed by atoms with van der Waals surface area (Å²) in [5.41, 5.74) is 0.937. The number of ether oxygens (including phenoxy) is 1. The summed E-state index contributed by atoms with van der Waals surface area (Å²) >= 11 is 5.99. The molecule has 0 aliphatic heterocycles. The second-order valence-corrected chi connectivity index (χ2v) is 6.57. The molecule has 1 saturated carbocycles. The molecule has 5 heteroatoms. The average molecular weight is 325 g/mol. The lowest BCUT2D eigenvalue weighted by Crippen LogP contribution is -2.44. The van der Waals surface area contributed by atoms with Gasteiger partial charge in [-0.3, -0.25) is 9.69 Å². The molecule has 1 aliphatic carbocycles. The molecule has 0 spiro atoms. The number of hydrogen-bond acceptors (Lipinski definition) is 3. The van der Waals surface area contributed by atoms with Crippen LogP contribution in [0.1, 0.15) is 32.3 Å². The predicted octanol–water partition coefficient (Wildman–Crippen LogP) is 3.01. The van der Waals surface area contributed by atoms with E-state index >= 15 is 0 Å². The summed E-state index contributed by atoms with van der Waals surface area (Å²) in [4.78, 5) is 14.5. The minimum atomic E-state index is -0.529. The molecule has 1 aromatic carbocycles. The molecule has 2 atom stereocenters. The normalized spacial score (nSPS) is 17.2. The Labute approximate surface area is 137 Å². The molecule has 4 nitrogen and oxygen atoms in total. The molecule has 1 N–H and O–H groups in total. The van der Waals surface area contributed by atoms with Crippen molar-refractivity contribution in [3.8, 4) is 5.75 Å². The van der Waals surface area contributed by atoms with Crippen molar-refractivity contribution in [1.82, 2.24) is 10.2 Å². The van der Waals surface area contributed by atoms with E-state index in [0.717, 1.165) is 5.56 Å². The first kappa shape index (κ1) is 17.1. The highest BCUT2D eigenvalue weighted by Gasteiger charge is 2.29. The summed E-state index contributed by atoms with van der Waals surface area (Å²) in [6.07, 6.45) is 2.01. The highest BCUT2D eigenvalue weighted by atomic mass is 35.5. The molecule has 2 rings (SSSR count). The van der Waals surface area contributed by atoms with Gasteiger partial charge in [-0.25, -0.2) is 0 Å². The molecule has 1 aliphatic rings. The lowest BCUT2D eigenvalue weighted by Gasteiger charge is -2.25. The Balaban J connectivity index is 1.79. The van der Waals surface area contributed by atoms with E-state index in [4.69, 9.17) is 16.3 Å². The quantitative estimate of drug-likeness (QED) is 0.838. The monoisotopic (exact) mass is 324 g/mol. The third-order valence-electron chi connectivity index (χ3n) is 4.20. The van der Waals surface area contributed by atoms with Crippen LogP contribution < -0.4 is 10.1 Å². The Bertz CT molecular complexity index is 531. The van der Waals surface area contributed by atoms with Gasteiger partial charge in [0, 0.05) is 23.7 Å². The number of rotatable bonds is 7. The highest BCUT2D eigenvalue weighted by Crippen LogP contribution is 2.26. The van der Waals surface area contributed by atoms with E-state index < -0.39 is 6.10 Å². The van der Waals surface area contributed by atoms with Gasteiger partial charge in [-0.15, -0.1) is 0 Å². The van der Waals surface area contributed by atoms with Crippen molar-refractivity contribution >= 4 is 17.5 Å². The van der Waals surface area contributed by atoms with Crippen molar-refractivity contribution in [3.05, 3.63) is 28.8 Å². The number of nitrogens with one attached hydrogen (secondary N) is 1. The van der Waals surface area contributed by atoms with Gasteiger partial charge < -0.3 is 10.1 Å². The van der Waals surface area contributed by atoms with Crippen LogP contribution in [0.2, 0.25) is 5.02 Å². The fourth-order valence-electron chi connectivity index (χ4n) is 2.33. The number of carbonyl (C=O) groups is 1. The molecule has 2 unspecified atom stereocenters. The zero-order chi connectivity index (χ0) is 16.3. The summed E-state index contributed by atoms with van der Waals surface area (Å²) in [6, 6.07) is 6.43. The van der Waals surface area contributed by atoms with E-state index in [-0.39, 0.29) is 5.91 Å². The van der Waals surface area contributed by atoms with Gasteiger partial charge in [0.15, 0.2) is 6.10 Å². The van der Waals surface area contributed by atoms with Gasteiger partial charge in [0.25, 0.3) is 5.91 Å². The second-order valence-electron chi connectivity index (χ2n) is 6.16. The summed E-state index contributed by atoms with van der Waals surface area (Å²) in [5.74, 6) is 0.566. The molecule has 0 heterocycles. The number of amides is 1. The summed E-state index contributed by atoms with van der Waals surface area (Å²) in [6.45, 7) is 6.44. The van der Waals surface area contributed by atoms with Gasteiger partial charge in [0.2, 0.25) is 0 Å². The van der Waals surface area contributed by atoms with Crippen molar-refractivity contribution in [2.24, 2.45) is 0 Å². The third kappa shape index (κ3) is 4.62.